The lowest BCUT2D eigenvalue weighted by atomic mass is 10.2. The predicted octanol–water partition coefficient (Wildman–Crippen LogP) is 1.25. The average molecular weight is 364 g/mol. The van der Waals surface area contributed by atoms with Gasteiger partial charge < -0.3 is 25.0 Å². The Morgan fingerprint density at radius 3 is 2.42 bits per heavy atom. The highest BCUT2D eigenvalue weighted by molar-refractivity contribution is 5.92. The van der Waals surface area contributed by atoms with Gasteiger partial charge in [0.15, 0.2) is 0 Å². The molecule has 8 heteroatoms. The van der Waals surface area contributed by atoms with E-state index in [1.807, 2.05) is 26.8 Å². The molecule has 0 saturated carbocycles. The van der Waals surface area contributed by atoms with Crippen LogP contribution >= 0.6 is 0 Å². The van der Waals surface area contributed by atoms with Crippen LogP contribution in [-0.4, -0.2) is 71.4 Å². The van der Waals surface area contributed by atoms with E-state index in [0.29, 0.717) is 31.9 Å². The van der Waals surface area contributed by atoms with Crippen LogP contribution in [0.5, 0.6) is 0 Å². The van der Waals surface area contributed by atoms with Crippen LogP contribution in [0, 0.1) is 0 Å². The van der Waals surface area contributed by atoms with Gasteiger partial charge in [0.1, 0.15) is 11.3 Å². The summed E-state index contributed by atoms with van der Waals surface area (Å²) in [5, 5.41) is 11.6. The van der Waals surface area contributed by atoms with E-state index in [1.54, 1.807) is 24.1 Å². The molecule has 1 fully saturated rings. The zero-order chi connectivity index (χ0) is 19.3. The molecule has 0 aromatic carbocycles. The molecule has 1 aromatic heterocycles. The van der Waals surface area contributed by atoms with Crippen molar-refractivity contribution in [2.75, 3.05) is 37.7 Å². The van der Waals surface area contributed by atoms with Gasteiger partial charge in [-0.15, -0.1) is 0 Å². The topological polar surface area (TPSA) is 95.0 Å². The number of anilines is 1. The Hall–Kier alpha value is -2.35. The number of nitrogens with one attached hydrogen (secondary N) is 1. The van der Waals surface area contributed by atoms with Gasteiger partial charge in [-0.05, 0) is 39.8 Å². The lowest BCUT2D eigenvalue weighted by Crippen LogP contribution is -2.50. The van der Waals surface area contributed by atoms with Crippen LogP contribution < -0.4 is 10.2 Å². The summed E-state index contributed by atoms with van der Waals surface area (Å²) in [4.78, 5) is 32.1. The lowest BCUT2D eigenvalue weighted by molar-refractivity contribution is 0.0240. The van der Waals surface area contributed by atoms with Crippen LogP contribution in [0.4, 0.5) is 10.5 Å². The molecule has 8 nitrogen and oxygen atoms in total. The van der Waals surface area contributed by atoms with Gasteiger partial charge in [-0.25, -0.2) is 9.78 Å². The molecule has 0 aliphatic carbocycles. The first-order valence-corrected chi connectivity index (χ1v) is 8.80. The predicted molar refractivity (Wildman–Crippen MR) is 98.3 cm³/mol. The molecule has 1 aliphatic heterocycles. The van der Waals surface area contributed by atoms with Crippen molar-refractivity contribution in [2.24, 2.45) is 0 Å². The SMILES string of the molecule is CC(CO)NC(=O)c1ccc(N2CCN(C(=O)OC(C)(C)C)CC2)cn1. The first kappa shape index (κ1) is 20.0. The van der Waals surface area contributed by atoms with Gasteiger partial charge in [0.05, 0.1) is 18.5 Å². The summed E-state index contributed by atoms with van der Waals surface area (Å²) < 4.78 is 5.39. The largest absolute Gasteiger partial charge is 0.444 e. The molecule has 2 rings (SSSR count). The van der Waals surface area contributed by atoms with Crippen LogP contribution in [0.2, 0.25) is 0 Å². The molecule has 0 spiro atoms. The van der Waals surface area contributed by atoms with Crippen LogP contribution in [0.3, 0.4) is 0 Å². The van der Waals surface area contributed by atoms with E-state index in [4.69, 9.17) is 9.84 Å². The minimum Gasteiger partial charge on any atom is -0.444 e. The zero-order valence-corrected chi connectivity index (χ0v) is 15.9. The van der Waals surface area contributed by atoms with Crippen LogP contribution in [0.25, 0.3) is 0 Å². The van der Waals surface area contributed by atoms with Crippen molar-refractivity contribution in [3.63, 3.8) is 0 Å². The molecule has 0 bridgehead atoms. The second-order valence-corrected chi connectivity index (χ2v) is 7.41. The first-order chi connectivity index (χ1) is 12.2. The second kappa shape index (κ2) is 8.35. The molecule has 2 amide bonds. The van der Waals surface area contributed by atoms with Crippen LogP contribution in [0.15, 0.2) is 18.3 Å². The van der Waals surface area contributed by atoms with Crippen molar-refractivity contribution in [1.29, 1.82) is 0 Å². The maximum atomic E-state index is 12.1. The number of carbonyl (C=O) groups excluding carboxylic acids is 2. The molecule has 1 unspecified atom stereocenters. The molecule has 1 aliphatic rings. The number of ether oxygens (including phenoxy) is 1. The van der Waals surface area contributed by atoms with Gasteiger partial charge in [-0.2, -0.15) is 0 Å². The van der Waals surface area contributed by atoms with Crippen molar-refractivity contribution >= 4 is 17.7 Å². The number of carbonyl (C=O) groups is 2. The van der Waals surface area contributed by atoms with Gasteiger partial charge in [0, 0.05) is 32.2 Å². The van der Waals surface area contributed by atoms with Crippen LogP contribution in [-0.2, 0) is 4.74 Å². The lowest BCUT2D eigenvalue weighted by Gasteiger charge is -2.36. The molecule has 1 aromatic rings. The normalized spacial score (nSPS) is 16.2. The zero-order valence-electron chi connectivity index (χ0n) is 15.9. The third kappa shape index (κ3) is 5.59. The third-order valence-electron chi connectivity index (χ3n) is 3.93. The van der Waals surface area contributed by atoms with Crippen molar-refractivity contribution in [2.45, 2.75) is 39.3 Å². The number of aliphatic hydroxyl groups excluding tert-OH is 1. The first-order valence-electron chi connectivity index (χ1n) is 8.80. The number of piperazine rings is 1. The Morgan fingerprint density at radius 1 is 1.27 bits per heavy atom. The number of aliphatic hydroxyl groups is 1. The molecule has 26 heavy (non-hydrogen) atoms. The molecule has 2 heterocycles. The van der Waals surface area contributed by atoms with E-state index in [0.717, 1.165) is 5.69 Å². The number of amides is 2. The van der Waals surface area contributed by atoms with Gasteiger partial charge in [0.2, 0.25) is 0 Å². The molecular formula is C18H28N4O4. The van der Waals surface area contributed by atoms with Crippen molar-refractivity contribution in [3.05, 3.63) is 24.0 Å². The fourth-order valence-electron chi connectivity index (χ4n) is 2.52. The highest BCUT2D eigenvalue weighted by atomic mass is 16.6. The maximum absolute atomic E-state index is 12.1. The highest BCUT2D eigenvalue weighted by Gasteiger charge is 2.26. The summed E-state index contributed by atoms with van der Waals surface area (Å²) >= 11 is 0. The summed E-state index contributed by atoms with van der Waals surface area (Å²) in [5.41, 5.74) is 0.712. The van der Waals surface area contributed by atoms with E-state index < -0.39 is 5.60 Å². The number of rotatable bonds is 4. The van der Waals surface area contributed by atoms with Gasteiger partial charge in [-0.1, -0.05) is 0 Å². The molecule has 1 atom stereocenters. The van der Waals surface area contributed by atoms with E-state index in [9.17, 15) is 9.59 Å². The molecule has 0 radical (unpaired) electrons. The van der Waals surface area contributed by atoms with Crippen molar-refractivity contribution in [3.8, 4) is 0 Å². The average Bonchev–Trinajstić information content (AvgIpc) is 2.60. The minimum atomic E-state index is -0.498. The summed E-state index contributed by atoms with van der Waals surface area (Å²) in [7, 11) is 0. The molecule has 2 N–H and O–H groups in total. The van der Waals surface area contributed by atoms with E-state index in [1.165, 1.54) is 0 Å². The Kier molecular flexibility index (Phi) is 6.42. The van der Waals surface area contributed by atoms with Crippen molar-refractivity contribution < 1.29 is 19.4 Å². The number of pyridine rings is 1. The Labute approximate surface area is 154 Å². The number of hydrogen-bond donors (Lipinski definition) is 2. The monoisotopic (exact) mass is 364 g/mol. The van der Waals surface area contributed by atoms with Gasteiger partial charge in [-0.3, -0.25) is 4.79 Å². The van der Waals surface area contributed by atoms with E-state index in [2.05, 4.69) is 15.2 Å². The molecule has 1 saturated heterocycles. The standard InChI is InChI=1S/C18H28N4O4/c1-13(12-23)20-16(24)15-6-5-14(11-19-15)21-7-9-22(10-8-21)17(25)26-18(2,3)4/h5-6,11,13,23H,7-10,12H2,1-4H3,(H,20,24). The smallest absolute Gasteiger partial charge is 0.410 e. The molecule has 144 valence electrons. The number of aromatic nitrogens is 1. The van der Waals surface area contributed by atoms with Gasteiger partial charge in [0.25, 0.3) is 5.91 Å². The highest BCUT2D eigenvalue weighted by Crippen LogP contribution is 2.17. The molecular weight excluding hydrogens is 336 g/mol. The minimum absolute atomic E-state index is 0.119. The Balaban J connectivity index is 1.89. The van der Waals surface area contributed by atoms with Gasteiger partial charge >= 0.3 is 6.09 Å². The second-order valence-electron chi connectivity index (χ2n) is 7.41. The number of hydrogen-bond acceptors (Lipinski definition) is 6. The fraction of sp³-hybridized carbons (Fsp3) is 0.611. The summed E-state index contributed by atoms with van der Waals surface area (Å²) in [6.45, 7) is 9.66. The summed E-state index contributed by atoms with van der Waals surface area (Å²) in [6.07, 6.45) is 1.36. The fourth-order valence-corrected chi connectivity index (χ4v) is 2.52. The van der Waals surface area contributed by atoms with Crippen molar-refractivity contribution in [1.82, 2.24) is 15.2 Å². The maximum Gasteiger partial charge on any atom is 0.410 e. The van der Waals surface area contributed by atoms with Crippen LogP contribution in [0.1, 0.15) is 38.2 Å². The summed E-state index contributed by atoms with van der Waals surface area (Å²) in [5.74, 6) is -0.312. The quantitative estimate of drug-likeness (QED) is 0.835. The third-order valence-corrected chi connectivity index (χ3v) is 3.93. The Morgan fingerprint density at radius 2 is 1.92 bits per heavy atom. The summed E-state index contributed by atoms with van der Waals surface area (Å²) in [6, 6.07) is 3.19. The van der Waals surface area contributed by atoms with E-state index in [-0.39, 0.29) is 24.6 Å². The Bertz CT molecular complexity index is 619. The van der Waals surface area contributed by atoms with E-state index >= 15 is 0 Å². The number of nitrogens with zero attached hydrogens (tertiary/aromatic N) is 3.